The number of hydrogen-bond acceptors (Lipinski definition) is 4. The van der Waals surface area contributed by atoms with Crippen LogP contribution in [0.3, 0.4) is 0 Å². The van der Waals surface area contributed by atoms with Crippen LogP contribution in [0.25, 0.3) is 0 Å². The minimum Gasteiger partial charge on any atom is -0.465 e. The zero-order valence-corrected chi connectivity index (χ0v) is 24.5. The van der Waals surface area contributed by atoms with E-state index in [0.29, 0.717) is 36.2 Å². The molecule has 5 aliphatic rings. The van der Waals surface area contributed by atoms with Gasteiger partial charge in [0.25, 0.3) is 0 Å². The molecule has 0 bridgehead atoms. The van der Waals surface area contributed by atoms with Gasteiger partial charge in [0.05, 0.1) is 6.61 Å². The first kappa shape index (κ1) is 27.0. The second-order valence-corrected chi connectivity index (χ2v) is 14.7. The van der Waals surface area contributed by atoms with Gasteiger partial charge in [-0.1, -0.05) is 51.5 Å². The summed E-state index contributed by atoms with van der Waals surface area (Å²) in [5, 5.41) is 0. The summed E-state index contributed by atoms with van der Waals surface area (Å²) in [5.74, 6) is 2.55. The van der Waals surface area contributed by atoms with Gasteiger partial charge >= 0.3 is 11.9 Å². The Balaban J connectivity index is 1.49. The highest BCUT2D eigenvalue weighted by molar-refractivity contribution is 5.66. The van der Waals surface area contributed by atoms with Crippen LogP contribution in [-0.4, -0.2) is 24.6 Å². The van der Waals surface area contributed by atoms with E-state index < -0.39 is 0 Å². The van der Waals surface area contributed by atoms with E-state index in [9.17, 15) is 9.59 Å². The molecule has 0 aromatic rings. The average Bonchev–Trinajstić information content (AvgIpc) is 3.20. The number of fused-ring (bicyclic) bond motifs is 7. The maximum Gasteiger partial charge on any atom is 0.302 e. The minimum atomic E-state index is -0.157. The van der Waals surface area contributed by atoms with E-state index in [1.54, 1.807) is 19.4 Å². The molecule has 0 heterocycles. The Hall–Kier alpha value is -1.58. The van der Waals surface area contributed by atoms with Crippen molar-refractivity contribution in [3.8, 4) is 0 Å². The number of allylic oxidation sites excluding steroid dienone is 3. The van der Waals surface area contributed by atoms with Crippen LogP contribution >= 0.6 is 0 Å². The van der Waals surface area contributed by atoms with Crippen molar-refractivity contribution in [1.82, 2.24) is 0 Å². The average molecular weight is 511 g/mol. The van der Waals surface area contributed by atoms with Crippen molar-refractivity contribution in [1.29, 1.82) is 0 Å². The number of carbonyl (C=O) groups is 2. The minimum absolute atomic E-state index is 0.00647. The first-order valence-corrected chi connectivity index (χ1v) is 14.9. The normalized spacial score (nSPS) is 45.9. The fourth-order valence-electron chi connectivity index (χ4n) is 11.1. The molecule has 0 aromatic heterocycles. The topological polar surface area (TPSA) is 52.6 Å². The molecule has 37 heavy (non-hydrogen) atoms. The van der Waals surface area contributed by atoms with Crippen molar-refractivity contribution >= 4 is 11.9 Å². The molecule has 0 radical (unpaired) electrons. The standard InChI is InChI=1S/C33H50O4/c1-20(2)23-11-17-33(19-36-21(3)34)18-12-25-24(29(23)33)9-10-27-31(25,7)15-13-26-30(5,6)28(37-22(4)35)14-16-32(26,27)8/h12,23-24,26-29H,1,9-11,13-19H2,2-8H3/t23-,24-,26-,27-,28-,29+,31-,32-,33+/m0/s1. The second kappa shape index (κ2) is 8.98. The number of hydrogen-bond donors (Lipinski definition) is 0. The lowest BCUT2D eigenvalue weighted by atomic mass is 9.38. The van der Waals surface area contributed by atoms with Crippen LogP contribution in [0.15, 0.2) is 23.8 Å². The van der Waals surface area contributed by atoms with Crippen LogP contribution in [0.5, 0.6) is 0 Å². The van der Waals surface area contributed by atoms with Gasteiger partial charge in [0.15, 0.2) is 0 Å². The van der Waals surface area contributed by atoms with Crippen LogP contribution in [0.2, 0.25) is 0 Å². The van der Waals surface area contributed by atoms with Crippen molar-refractivity contribution in [2.24, 2.45) is 51.2 Å². The van der Waals surface area contributed by atoms with Gasteiger partial charge in [0, 0.05) is 24.7 Å². The molecule has 0 aromatic carbocycles. The molecular weight excluding hydrogens is 460 g/mol. The quantitative estimate of drug-likeness (QED) is 0.288. The van der Waals surface area contributed by atoms with Crippen LogP contribution in [0.4, 0.5) is 0 Å². The molecule has 4 nitrogen and oxygen atoms in total. The van der Waals surface area contributed by atoms with Crippen LogP contribution in [0.1, 0.15) is 106 Å². The second-order valence-electron chi connectivity index (χ2n) is 14.7. The third kappa shape index (κ3) is 3.97. The van der Waals surface area contributed by atoms with Gasteiger partial charge in [-0.05, 0) is 105 Å². The zero-order valence-electron chi connectivity index (χ0n) is 24.5. The predicted octanol–water partition coefficient (Wildman–Crippen LogP) is 7.67. The Morgan fingerprint density at radius 2 is 1.65 bits per heavy atom. The van der Waals surface area contributed by atoms with E-state index in [1.807, 2.05) is 0 Å². The first-order chi connectivity index (χ1) is 17.3. The molecule has 4 fully saturated rings. The molecule has 0 N–H and O–H groups in total. The summed E-state index contributed by atoms with van der Waals surface area (Å²) in [7, 11) is 0. The van der Waals surface area contributed by atoms with E-state index >= 15 is 0 Å². The number of esters is 2. The van der Waals surface area contributed by atoms with Gasteiger partial charge in [0.2, 0.25) is 0 Å². The number of rotatable bonds is 4. The lowest BCUT2D eigenvalue weighted by Crippen LogP contribution is -2.61. The third-order valence-electron chi connectivity index (χ3n) is 12.6. The van der Waals surface area contributed by atoms with Gasteiger partial charge in [-0.15, -0.1) is 0 Å². The Morgan fingerprint density at radius 1 is 0.919 bits per heavy atom. The van der Waals surface area contributed by atoms with Crippen molar-refractivity contribution in [3.63, 3.8) is 0 Å². The van der Waals surface area contributed by atoms with E-state index in [2.05, 4.69) is 47.3 Å². The molecule has 9 atom stereocenters. The molecule has 0 spiro atoms. The summed E-state index contributed by atoms with van der Waals surface area (Å²) in [6.45, 7) is 20.2. The Bertz CT molecular complexity index is 1010. The number of ether oxygens (including phenoxy) is 2. The molecule has 0 unspecified atom stereocenters. The van der Waals surface area contributed by atoms with Crippen molar-refractivity contribution in [2.75, 3.05) is 6.61 Å². The van der Waals surface area contributed by atoms with Crippen LogP contribution in [0, 0.1) is 51.2 Å². The molecule has 4 heteroatoms. The Kier molecular flexibility index (Phi) is 6.56. The molecule has 5 rings (SSSR count). The molecule has 206 valence electrons. The van der Waals surface area contributed by atoms with E-state index in [0.717, 1.165) is 25.7 Å². The fraction of sp³-hybridized carbons (Fsp3) is 0.818. The van der Waals surface area contributed by atoms with Gasteiger partial charge in [0.1, 0.15) is 6.10 Å². The molecule has 4 saturated carbocycles. The summed E-state index contributed by atoms with van der Waals surface area (Å²) >= 11 is 0. The Labute approximate surface area is 225 Å². The maximum atomic E-state index is 11.9. The van der Waals surface area contributed by atoms with E-state index in [1.165, 1.54) is 37.7 Å². The molecule has 0 aliphatic heterocycles. The smallest absolute Gasteiger partial charge is 0.302 e. The SMILES string of the molecule is C=C(C)[C@@H]1CC[C@]2(COC(C)=O)CC=C3[C@H](CC[C@@H]4[C@@]5(C)CC[C@H](OC(C)=O)C(C)(C)[C@@H]5CC[C@@]34C)[C@@H]12. The van der Waals surface area contributed by atoms with Gasteiger partial charge < -0.3 is 9.47 Å². The predicted molar refractivity (Wildman–Crippen MR) is 147 cm³/mol. The monoisotopic (exact) mass is 510 g/mol. The maximum absolute atomic E-state index is 11.9. The largest absolute Gasteiger partial charge is 0.465 e. The molecule has 0 amide bonds. The molecule has 0 saturated heterocycles. The highest BCUT2D eigenvalue weighted by Crippen LogP contribution is 2.72. The highest BCUT2D eigenvalue weighted by Gasteiger charge is 2.65. The van der Waals surface area contributed by atoms with E-state index in [-0.39, 0.29) is 39.7 Å². The lowest BCUT2D eigenvalue weighted by Gasteiger charge is -2.67. The summed E-state index contributed by atoms with van der Waals surface area (Å²) in [5.41, 5.74) is 3.57. The Morgan fingerprint density at radius 3 is 2.30 bits per heavy atom. The fourth-order valence-corrected chi connectivity index (χ4v) is 11.1. The van der Waals surface area contributed by atoms with Gasteiger partial charge in [-0.2, -0.15) is 0 Å². The van der Waals surface area contributed by atoms with Crippen molar-refractivity contribution in [2.45, 2.75) is 112 Å². The van der Waals surface area contributed by atoms with Gasteiger partial charge in [-0.3, -0.25) is 9.59 Å². The number of carbonyl (C=O) groups excluding carboxylic acids is 2. The summed E-state index contributed by atoms with van der Waals surface area (Å²) < 4.78 is 11.6. The van der Waals surface area contributed by atoms with Crippen molar-refractivity contribution in [3.05, 3.63) is 23.8 Å². The molecule has 5 aliphatic carbocycles. The van der Waals surface area contributed by atoms with Crippen LogP contribution in [-0.2, 0) is 19.1 Å². The third-order valence-corrected chi connectivity index (χ3v) is 12.6. The van der Waals surface area contributed by atoms with E-state index in [4.69, 9.17) is 9.47 Å². The summed E-state index contributed by atoms with van der Waals surface area (Å²) in [4.78, 5) is 23.7. The lowest BCUT2D eigenvalue weighted by molar-refractivity contribution is -0.194. The highest BCUT2D eigenvalue weighted by atomic mass is 16.5. The molecular formula is C33H50O4. The van der Waals surface area contributed by atoms with Crippen molar-refractivity contribution < 1.29 is 19.1 Å². The summed E-state index contributed by atoms with van der Waals surface area (Å²) in [6, 6.07) is 0. The first-order valence-electron chi connectivity index (χ1n) is 14.9. The zero-order chi connectivity index (χ0) is 27.0. The van der Waals surface area contributed by atoms with Crippen LogP contribution < -0.4 is 0 Å². The van der Waals surface area contributed by atoms with Gasteiger partial charge in [-0.25, -0.2) is 0 Å². The summed E-state index contributed by atoms with van der Waals surface area (Å²) in [6.07, 6.45) is 13.0.